The number of nitriles is 1. The number of nitrogens with zero attached hydrogens (tertiary/aromatic N) is 1. The van der Waals surface area contributed by atoms with Crippen LogP contribution in [0.25, 0.3) is 5.57 Å². The topological polar surface area (TPSA) is 82.7 Å². The SMILES string of the molecule is C/C=C\C.CC/C=C(\c1cc(C#N)c(C)cc1C)c1c[nH]cc(N)c1=O.CCC(C)=C(C)/C=C\C(C)=C/C(C)CC. The van der Waals surface area contributed by atoms with Gasteiger partial charge in [-0.15, -0.1) is 0 Å². The maximum Gasteiger partial charge on any atom is 0.212 e. The Labute approximate surface area is 250 Å². The number of anilines is 1. The van der Waals surface area contributed by atoms with Gasteiger partial charge in [0, 0.05) is 18.0 Å². The number of hydrogen-bond acceptors (Lipinski definition) is 3. The molecule has 0 radical (unpaired) electrons. The van der Waals surface area contributed by atoms with Crippen LogP contribution in [0.2, 0.25) is 0 Å². The van der Waals surface area contributed by atoms with Gasteiger partial charge < -0.3 is 10.7 Å². The van der Waals surface area contributed by atoms with E-state index in [1.165, 1.54) is 29.3 Å². The average Bonchev–Trinajstić information content (AvgIpc) is 2.96. The van der Waals surface area contributed by atoms with Gasteiger partial charge in [0.15, 0.2) is 0 Å². The molecule has 2 aromatic rings. The first-order valence-electron chi connectivity index (χ1n) is 14.7. The molecule has 1 unspecified atom stereocenters. The highest BCUT2D eigenvalue weighted by Gasteiger charge is 2.14. The van der Waals surface area contributed by atoms with Gasteiger partial charge in [0.2, 0.25) is 5.43 Å². The van der Waals surface area contributed by atoms with Crippen molar-refractivity contribution >= 4 is 11.3 Å². The van der Waals surface area contributed by atoms with Crippen LogP contribution in [0.15, 0.2) is 82.5 Å². The largest absolute Gasteiger partial charge is 0.394 e. The maximum atomic E-state index is 12.3. The van der Waals surface area contributed by atoms with E-state index in [0.717, 1.165) is 35.1 Å². The number of nitrogens with two attached hydrogens (primary N) is 1. The number of hydrogen-bond donors (Lipinski definition) is 2. The molecule has 0 saturated carbocycles. The van der Waals surface area contributed by atoms with Gasteiger partial charge in [-0.1, -0.05) is 93.4 Å². The second kappa shape index (κ2) is 20.1. The van der Waals surface area contributed by atoms with Gasteiger partial charge in [-0.05, 0) is 95.6 Å². The van der Waals surface area contributed by atoms with E-state index in [1.54, 1.807) is 6.20 Å². The molecule has 1 aromatic heterocycles. The number of rotatable bonds is 8. The molecular formula is C37H53N3O. The van der Waals surface area contributed by atoms with Crippen LogP contribution < -0.4 is 11.2 Å². The Kier molecular flexibility index (Phi) is 18.2. The summed E-state index contributed by atoms with van der Waals surface area (Å²) in [6.07, 6.45) is 19.1. The van der Waals surface area contributed by atoms with Crippen molar-refractivity contribution in [2.45, 2.75) is 95.4 Å². The van der Waals surface area contributed by atoms with Crippen LogP contribution >= 0.6 is 0 Å². The lowest BCUT2D eigenvalue weighted by Gasteiger charge is -2.13. The van der Waals surface area contributed by atoms with E-state index in [4.69, 9.17) is 5.73 Å². The lowest BCUT2D eigenvalue weighted by atomic mass is 9.91. The Morgan fingerprint density at radius 1 is 1.00 bits per heavy atom. The molecule has 41 heavy (non-hydrogen) atoms. The summed E-state index contributed by atoms with van der Waals surface area (Å²) < 4.78 is 0. The molecule has 1 atom stereocenters. The first-order chi connectivity index (χ1) is 19.4. The van der Waals surface area contributed by atoms with Crippen LogP contribution in [0.5, 0.6) is 0 Å². The second-order valence-electron chi connectivity index (χ2n) is 10.4. The van der Waals surface area contributed by atoms with Crippen LogP contribution in [0.1, 0.15) is 109 Å². The summed E-state index contributed by atoms with van der Waals surface area (Å²) in [6.45, 7) is 23.2. The summed E-state index contributed by atoms with van der Waals surface area (Å²) in [5.74, 6) is 0.686. The summed E-state index contributed by atoms with van der Waals surface area (Å²) in [4.78, 5) is 15.2. The zero-order chi connectivity index (χ0) is 31.5. The Morgan fingerprint density at radius 3 is 2.15 bits per heavy atom. The summed E-state index contributed by atoms with van der Waals surface area (Å²) in [5.41, 5.74) is 14.8. The highest BCUT2D eigenvalue weighted by molar-refractivity contribution is 5.82. The number of aromatic amines is 1. The Morgan fingerprint density at radius 2 is 1.63 bits per heavy atom. The van der Waals surface area contributed by atoms with Gasteiger partial charge in [0.05, 0.1) is 17.3 Å². The third-order valence-corrected chi connectivity index (χ3v) is 6.98. The van der Waals surface area contributed by atoms with Gasteiger partial charge in [0.1, 0.15) is 0 Å². The van der Waals surface area contributed by atoms with Crippen molar-refractivity contribution in [2.75, 3.05) is 5.73 Å². The minimum absolute atomic E-state index is 0.185. The third-order valence-electron chi connectivity index (χ3n) is 6.98. The van der Waals surface area contributed by atoms with Crippen LogP contribution in [0.3, 0.4) is 0 Å². The minimum Gasteiger partial charge on any atom is -0.394 e. The minimum atomic E-state index is -0.197. The molecular weight excluding hydrogens is 502 g/mol. The highest BCUT2D eigenvalue weighted by atomic mass is 16.1. The van der Waals surface area contributed by atoms with Crippen LogP contribution in [-0.2, 0) is 0 Å². The number of aryl methyl sites for hydroxylation is 2. The number of nitrogens with one attached hydrogen (secondary N) is 1. The van der Waals surface area contributed by atoms with Crippen LogP contribution in [0, 0.1) is 31.1 Å². The van der Waals surface area contributed by atoms with Crippen molar-refractivity contribution in [1.29, 1.82) is 5.26 Å². The highest BCUT2D eigenvalue weighted by Crippen LogP contribution is 2.27. The van der Waals surface area contributed by atoms with Gasteiger partial charge in [-0.3, -0.25) is 4.79 Å². The molecule has 4 heteroatoms. The van der Waals surface area contributed by atoms with E-state index in [0.29, 0.717) is 17.0 Å². The number of allylic oxidation sites excluding steroid dienone is 9. The number of pyridine rings is 1. The van der Waals surface area contributed by atoms with E-state index < -0.39 is 0 Å². The molecule has 0 spiro atoms. The van der Waals surface area contributed by atoms with E-state index >= 15 is 0 Å². The molecule has 0 amide bonds. The summed E-state index contributed by atoms with van der Waals surface area (Å²) in [7, 11) is 0. The summed E-state index contributed by atoms with van der Waals surface area (Å²) >= 11 is 0. The zero-order valence-corrected chi connectivity index (χ0v) is 27.4. The fourth-order valence-corrected chi connectivity index (χ4v) is 3.83. The second-order valence-corrected chi connectivity index (χ2v) is 10.4. The Hall–Kier alpha value is -3.84. The molecule has 4 nitrogen and oxygen atoms in total. The van der Waals surface area contributed by atoms with Gasteiger partial charge >= 0.3 is 0 Å². The fraction of sp³-hybridized carbons (Fsp3) is 0.405. The molecule has 0 bridgehead atoms. The van der Waals surface area contributed by atoms with Gasteiger partial charge in [-0.2, -0.15) is 5.26 Å². The molecule has 0 aliphatic carbocycles. The number of nitrogen functional groups attached to an aromatic ring is 1. The van der Waals surface area contributed by atoms with Gasteiger partial charge in [-0.25, -0.2) is 0 Å². The molecule has 1 heterocycles. The molecule has 1 aromatic carbocycles. The van der Waals surface area contributed by atoms with E-state index in [2.05, 4.69) is 70.8 Å². The molecule has 0 saturated heterocycles. The van der Waals surface area contributed by atoms with E-state index in [9.17, 15) is 10.1 Å². The summed E-state index contributed by atoms with van der Waals surface area (Å²) in [6, 6.07) is 6.01. The Bertz CT molecular complexity index is 1350. The maximum absolute atomic E-state index is 12.3. The standard InChI is InChI=1S/C18H19N3O.C15H26.C4H8/c1-4-5-14(16-9-21-10-17(20)18(16)22)15-7-13(8-19)11(2)6-12(15)3;1-7-12(3)11-13(4)9-10-15(6)14(5)8-2;1-3-4-2/h5-7,9-10H,4,20H2,1-3H3,(H,21,22);9-12H,7-8H2,1-6H3;3-4H,1-2H3/b14-5+;10-9-,13-11-,15-14?;4-3-. The third kappa shape index (κ3) is 12.9. The average molecular weight is 556 g/mol. The quantitative estimate of drug-likeness (QED) is 0.251. The first-order valence-corrected chi connectivity index (χ1v) is 14.7. The van der Waals surface area contributed by atoms with Crippen molar-refractivity contribution in [1.82, 2.24) is 4.98 Å². The monoisotopic (exact) mass is 555 g/mol. The zero-order valence-electron chi connectivity index (χ0n) is 27.4. The lowest BCUT2D eigenvalue weighted by Crippen LogP contribution is -2.14. The van der Waals surface area contributed by atoms with Crippen molar-refractivity contribution < 1.29 is 0 Å². The first kappa shape index (κ1) is 37.2. The number of aromatic nitrogens is 1. The predicted octanol–water partition coefficient (Wildman–Crippen LogP) is 10.2. The molecule has 3 N–H and O–H groups in total. The van der Waals surface area contributed by atoms with Crippen molar-refractivity contribution in [3.8, 4) is 6.07 Å². The normalized spacial score (nSPS) is 13.1. The summed E-state index contributed by atoms with van der Waals surface area (Å²) in [5, 5.41) is 9.26. The van der Waals surface area contributed by atoms with Gasteiger partial charge in [0.25, 0.3) is 0 Å². The van der Waals surface area contributed by atoms with Crippen molar-refractivity contribution in [3.05, 3.63) is 116 Å². The van der Waals surface area contributed by atoms with Crippen LogP contribution in [0.4, 0.5) is 5.69 Å². The predicted molar refractivity (Wildman–Crippen MR) is 181 cm³/mol. The molecule has 0 aliphatic heterocycles. The molecule has 0 aliphatic rings. The van der Waals surface area contributed by atoms with Crippen molar-refractivity contribution in [3.63, 3.8) is 0 Å². The number of H-pyrrole nitrogens is 1. The number of benzene rings is 1. The molecule has 222 valence electrons. The fourth-order valence-electron chi connectivity index (χ4n) is 3.83. The van der Waals surface area contributed by atoms with E-state index in [-0.39, 0.29) is 11.1 Å². The van der Waals surface area contributed by atoms with Crippen molar-refractivity contribution in [2.24, 2.45) is 5.92 Å². The van der Waals surface area contributed by atoms with Crippen LogP contribution in [-0.4, -0.2) is 4.98 Å². The Balaban J connectivity index is 0.000000732. The van der Waals surface area contributed by atoms with E-state index in [1.807, 2.05) is 65.0 Å². The molecule has 2 rings (SSSR count). The molecule has 0 fully saturated rings. The smallest absolute Gasteiger partial charge is 0.212 e. The lowest BCUT2D eigenvalue weighted by molar-refractivity contribution is 0.694.